The first-order valence-corrected chi connectivity index (χ1v) is 5.82. The molecule has 0 aromatic carbocycles. The number of ether oxygens (including phenoxy) is 1. The summed E-state index contributed by atoms with van der Waals surface area (Å²) in [5.74, 6) is 0. The Morgan fingerprint density at radius 1 is 1.43 bits per heavy atom. The van der Waals surface area contributed by atoms with E-state index in [0.29, 0.717) is 24.2 Å². The summed E-state index contributed by atoms with van der Waals surface area (Å²) in [4.78, 5) is 2.56. The third kappa shape index (κ3) is 1.95. The van der Waals surface area contributed by atoms with Crippen LogP contribution in [-0.4, -0.2) is 48.8 Å². The molecule has 2 saturated heterocycles. The summed E-state index contributed by atoms with van der Waals surface area (Å²) >= 11 is 0. The lowest BCUT2D eigenvalue weighted by molar-refractivity contribution is 0.0447. The molecule has 3 unspecified atom stereocenters. The molecule has 0 amide bonds. The first-order chi connectivity index (χ1) is 6.70. The van der Waals surface area contributed by atoms with Crippen molar-refractivity contribution in [3.05, 3.63) is 0 Å². The van der Waals surface area contributed by atoms with Crippen molar-refractivity contribution in [2.75, 3.05) is 19.7 Å². The molecule has 3 nitrogen and oxygen atoms in total. The summed E-state index contributed by atoms with van der Waals surface area (Å²) in [5.41, 5.74) is 0. The molecule has 0 aliphatic carbocycles. The highest BCUT2D eigenvalue weighted by atomic mass is 16.5. The standard InChI is InChI=1S/C11H22N2O/c1-4-14-11-5-9-6-13(8(2)3)7-10(11)12-9/h8-12H,4-7H2,1-3H3. The van der Waals surface area contributed by atoms with Gasteiger partial charge in [0.1, 0.15) is 0 Å². The molecule has 2 rings (SSSR count). The SMILES string of the molecule is CCOC1CC2CN(C(C)C)CC1N2. The molecule has 0 aromatic rings. The number of nitrogens with zero attached hydrogens (tertiary/aromatic N) is 1. The minimum absolute atomic E-state index is 0.453. The van der Waals surface area contributed by atoms with Gasteiger partial charge < -0.3 is 10.1 Å². The number of hydrogen-bond acceptors (Lipinski definition) is 3. The van der Waals surface area contributed by atoms with Gasteiger partial charge in [-0.2, -0.15) is 0 Å². The number of hydrogen-bond donors (Lipinski definition) is 1. The van der Waals surface area contributed by atoms with Gasteiger partial charge in [-0.25, -0.2) is 0 Å². The minimum atomic E-state index is 0.453. The molecule has 3 heteroatoms. The van der Waals surface area contributed by atoms with E-state index in [0.717, 1.165) is 13.2 Å². The maximum atomic E-state index is 5.76. The van der Waals surface area contributed by atoms with Crippen LogP contribution in [0.1, 0.15) is 27.2 Å². The summed E-state index contributed by atoms with van der Waals surface area (Å²) in [6.07, 6.45) is 1.65. The molecule has 0 spiro atoms. The second kappa shape index (κ2) is 4.17. The van der Waals surface area contributed by atoms with Gasteiger partial charge in [0.2, 0.25) is 0 Å². The summed E-state index contributed by atoms with van der Waals surface area (Å²) in [7, 11) is 0. The second-order valence-electron chi connectivity index (χ2n) is 4.75. The van der Waals surface area contributed by atoms with E-state index in [9.17, 15) is 0 Å². The zero-order valence-corrected chi connectivity index (χ0v) is 9.49. The van der Waals surface area contributed by atoms with Crippen LogP contribution in [0, 0.1) is 0 Å². The molecule has 2 bridgehead atoms. The molecule has 2 aliphatic rings. The normalized spacial score (nSPS) is 38.1. The maximum absolute atomic E-state index is 5.76. The van der Waals surface area contributed by atoms with Crippen molar-refractivity contribution >= 4 is 0 Å². The van der Waals surface area contributed by atoms with Crippen LogP contribution in [0.15, 0.2) is 0 Å². The molecule has 2 aliphatic heterocycles. The highest BCUT2D eigenvalue weighted by molar-refractivity contribution is 4.99. The predicted molar refractivity (Wildman–Crippen MR) is 57.5 cm³/mol. The molecule has 0 radical (unpaired) electrons. The van der Waals surface area contributed by atoms with Gasteiger partial charge in [-0.15, -0.1) is 0 Å². The van der Waals surface area contributed by atoms with Gasteiger partial charge in [0.25, 0.3) is 0 Å². The average molecular weight is 198 g/mol. The first-order valence-electron chi connectivity index (χ1n) is 5.82. The molecule has 3 atom stereocenters. The van der Waals surface area contributed by atoms with Crippen molar-refractivity contribution in [3.63, 3.8) is 0 Å². The Hall–Kier alpha value is -0.120. The largest absolute Gasteiger partial charge is 0.377 e. The van der Waals surface area contributed by atoms with Crippen LogP contribution in [0.5, 0.6) is 0 Å². The number of piperazine rings is 1. The van der Waals surface area contributed by atoms with E-state index in [4.69, 9.17) is 4.74 Å². The Kier molecular flexibility index (Phi) is 3.10. The smallest absolute Gasteiger partial charge is 0.0755 e. The van der Waals surface area contributed by atoms with E-state index in [1.807, 2.05) is 0 Å². The molecule has 2 heterocycles. The number of fused-ring (bicyclic) bond motifs is 2. The van der Waals surface area contributed by atoms with Gasteiger partial charge in [-0.3, -0.25) is 4.90 Å². The number of nitrogens with one attached hydrogen (secondary N) is 1. The monoisotopic (exact) mass is 198 g/mol. The van der Waals surface area contributed by atoms with Crippen LogP contribution in [0.25, 0.3) is 0 Å². The zero-order valence-electron chi connectivity index (χ0n) is 9.49. The van der Waals surface area contributed by atoms with E-state index in [1.54, 1.807) is 0 Å². The quantitative estimate of drug-likeness (QED) is 0.727. The number of likely N-dealkylation sites (tertiary alicyclic amines) is 1. The van der Waals surface area contributed by atoms with Gasteiger partial charge in [0.15, 0.2) is 0 Å². The van der Waals surface area contributed by atoms with Crippen LogP contribution in [0.4, 0.5) is 0 Å². The van der Waals surface area contributed by atoms with Crippen molar-refractivity contribution in [2.45, 2.75) is 51.4 Å². The summed E-state index contributed by atoms with van der Waals surface area (Å²) in [5, 5.41) is 3.64. The Morgan fingerprint density at radius 3 is 2.86 bits per heavy atom. The Labute approximate surface area is 86.8 Å². The second-order valence-corrected chi connectivity index (χ2v) is 4.75. The molecule has 0 saturated carbocycles. The molecule has 1 N–H and O–H groups in total. The Balaban J connectivity index is 1.94. The van der Waals surface area contributed by atoms with E-state index in [2.05, 4.69) is 31.0 Å². The Bertz CT molecular complexity index is 196. The highest BCUT2D eigenvalue weighted by Gasteiger charge is 2.40. The van der Waals surface area contributed by atoms with Crippen molar-refractivity contribution in [1.29, 1.82) is 0 Å². The maximum Gasteiger partial charge on any atom is 0.0755 e. The third-order valence-corrected chi connectivity index (χ3v) is 3.41. The lowest BCUT2D eigenvalue weighted by Gasteiger charge is -2.36. The van der Waals surface area contributed by atoms with Crippen molar-refractivity contribution in [2.24, 2.45) is 0 Å². The van der Waals surface area contributed by atoms with Crippen molar-refractivity contribution < 1.29 is 4.74 Å². The van der Waals surface area contributed by atoms with Gasteiger partial charge in [0.05, 0.1) is 6.10 Å². The molecule has 2 fully saturated rings. The van der Waals surface area contributed by atoms with Gasteiger partial charge in [0, 0.05) is 37.8 Å². The van der Waals surface area contributed by atoms with Crippen LogP contribution in [0.3, 0.4) is 0 Å². The van der Waals surface area contributed by atoms with Crippen LogP contribution < -0.4 is 5.32 Å². The Morgan fingerprint density at radius 2 is 2.21 bits per heavy atom. The fraction of sp³-hybridized carbons (Fsp3) is 1.00. The van der Waals surface area contributed by atoms with Gasteiger partial charge in [-0.1, -0.05) is 0 Å². The van der Waals surface area contributed by atoms with Gasteiger partial charge >= 0.3 is 0 Å². The molecule has 82 valence electrons. The fourth-order valence-electron chi connectivity index (χ4n) is 2.65. The molecular formula is C11H22N2O. The van der Waals surface area contributed by atoms with Crippen LogP contribution in [-0.2, 0) is 4.74 Å². The van der Waals surface area contributed by atoms with E-state index in [1.165, 1.54) is 13.0 Å². The topological polar surface area (TPSA) is 24.5 Å². The summed E-state index contributed by atoms with van der Waals surface area (Å²) in [6.45, 7) is 9.83. The van der Waals surface area contributed by atoms with Crippen LogP contribution >= 0.6 is 0 Å². The van der Waals surface area contributed by atoms with Crippen molar-refractivity contribution in [1.82, 2.24) is 10.2 Å². The lowest BCUT2D eigenvalue weighted by atomic mass is 10.1. The molecule has 0 aromatic heterocycles. The van der Waals surface area contributed by atoms with E-state index < -0.39 is 0 Å². The van der Waals surface area contributed by atoms with Gasteiger partial charge in [-0.05, 0) is 27.2 Å². The highest BCUT2D eigenvalue weighted by Crippen LogP contribution is 2.24. The third-order valence-electron chi connectivity index (χ3n) is 3.41. The predicted octanol–water partition coefficient (Wildman–Crippen LogP) is 0.846. The minimum Gasteiger partial charge on any atom is -0.377 e. The van der Waals surface area contributed by atoms with Crippen molar-refractivity contribution in [3.8, 4) is 0 Å². The summed E-state index contributed by atoms with van der Waals surface area (Å²) in [6, 6.07) is 1.89. The zero-order chi connectivity index (χ0) is 10.1. The van der Waals surface area contributed by atoms with E-state index in [-0.39, 0.29) is 0 Å². The number of rotatable bonds is 3. The summed E-state index contributed by atoms with van der Waals surface area (Å²) < 4.78 is 5.76. The molecule has 14 heavy (non-hydrogen) atoms. The first kappa shape index (κ1) is 10.4. The van der Waals surface area contributed by atoms with E-state index >= 15 is 0 Å². The van der Waals surface area contributed by atoms with Crippen LogP contribution in [0.2, 0.25) is 0 Å². The fourth-order valence-corrected chi connectivity index (χ4v) is 2.65. The molecular weight excluding hydrogens is 176 g/mol. The average Bonchev–Trinajstić information content (AvgIpc) is 2.42. The lowest BCUT2D eigenvalue weighted by Crippen LogP contribution is -2.54.